The highest BCUT2D eigenvalue weighted by Gasteiger charge is 2.15. The summed E-state index contributed by atoms with van der Waals surface area (Å²) in [4.78, 5) is 17.6. The molecule has 5 heteroatoms. The molecule has 3 N–H and O–H groups in total. The molecule has 100 valence electrons. The van der Waals surface area contributed by atoms with Crippen molar-refractivity contribution in [1.82, 2.24) is 4.90 Å². The van der Waals surface area contributed by atoms with Crippen LogP contribution >= 0.6 is 0 Å². The summed E-state index contributed by atoms with van der Waals surface area (Å²) in [6, 6.07) is 7.32. The van der Waals surface area contributed by atoms with E-state index in [9.17, 15) is 4.79 Å². The Morgan fingerprint density at radius 2 is 2.21 bits per heavy atom. The van der Waals surface area contributed by atoms with Crippen molar-refractivity contribution in [3.63, 3.8) is 0 Å². The van der Waals surface area contributed by atoms with Crippen LogP contribution in [0.25, 0.3) is 0 Å². The van der Waals surface area contributed by atoms with Crippen molar-refractivity contribution in [3.8, 4) is 0 Å². The van der Waals surface area contributed by atoms with Crippen LogP contribution in [0, 0.1) is 0 Å². The fourth-order valence-corrected chi connectivity index (χ4v) is 1.81. The van der Waals surface area contributed by atoms with E-state index >= 15 is 0 Å². The molecule has 1 atom stereocenters. The third-order valence-electron chi connectivity index (χ3n) is 3.11. The van der Waals surface area contributed by atoms with Crippen molar-refractivity contribution < 1.29 is 4.79 Å². The van der Waals surface area contributed by atoms with Crippen molar-refractivity contribution in [2.24, 2.45) is 10.7 Å². The fraction of sp³-hybridized carbons (Fsp3) is 0.286. The molecule has 0 aliphatic carbocycles. The van der Waals surface area contributed by atoms with E-state index in [4.69, 9.17) is 5.73 Å². The fourth-order valence-electron chi connectivity index (χ4n) is 1.81. The van der Waals surface area contributed by atoms with Gasteiger partial charge in [0.05, 0.1) is 0 Å². The number of amidine groups is 1. The summed E-state index contributed by atoms with van der Waals surface area (Å²) in [5.74, 6) is 0.737. The Hall–Kier alpha value is -2.14. The number of nitrogens with two attached hydrogens (primary N) is 1. The summed E-state index contributed by atoms with van der Waals surface area (Å²) in [6.07, 6.45) is 1.53. The van der Waals surface area contributed by atoms with Crippen molar-refractivity contribution in [3.05, 3.63) is 41.6 Å². The summed E-state index contributed by atoms with van der Waals surface area (Å²) < 4.78 is 0. The summed E-state index contributed by atoms with van der Waals surface area (Å²) in [7, 11) is 1.90. The average Bonchev–Trinajstić information content (AvgIpc) is 2.36. The molecule has 0 radical (unpaired) electrons. The first-order valence-electron chi connectivity index (χ1n) is 6.10. The summed E-state index contributed by atoms with van der Waals surface area (Å²) in [6.45, 7) is 3.52. The van der Waals surface area contributed by atoms with Crippen molar-refractivity contribution in [2.45, 2.75) is 20.1 Å². The molecule has 1 aromatic carbocycles. The number of carbonyl (C=O) groups excluding carboxylic acids is 1. The SMILES string of the molecule is CC(=O)c1cccc(NC2=NC(N)N(C)C(C)=C2)c1. The molecule has 2 rings (SSSR count). The Morgan fingerprint density at radius 3 is 2.84 bits per heavy atom. The van der Waals surface area contributed by atoms with Crippen LogP contribution in [0.5, 0.6) is 0 Å². The molecule has 0 aromatic heterocycles. The molecular weight excluding hydrogens is 240 g/mol. The van der Waals surface area contributed by atoms with Crippen molar-refractivity contribution in [2.75, 3.05) is 12.4 Å². The molecule has 0 amide bonds. The zero-order chi connectivity index (χ0) is 14.0. The van der Waals surface area contributed by atoms with Gasteiger partial charge in [0.1, 0.15) is 5.84 Å². The smallest absolute Gasteiger partial charge is 0.175 e. The van der Waals surface area contributed by atoms with Gasteiger partial charge in [-0.2, -0.15) is 0 Å². The van der Waals surface area contributed by atoms with E-state index in [1.807, 2.05) is 37.1 Å². The lowest BCUT2D eigenvalue weighted by molar-refractivity contribution is 0.101. The van der Waals surface area contributed by atoms with Crippen LogP contribution < -0.4 is 11.1 Å². The Balaban J connectivity index is 2.20. The van der Waals surface area contributed by atoms with Gasteiger partial charge in [-0.1, -0.05) is 12.1 Å². The largest absolute Gasteiger partial charge is 0.344 e. The first-order valence-corrected chi connectivity index (χ1v) is 6.10. The second kappa shape index (κ2) is 5.24. The number of carbonyl (C=O) groups is 1. The number of nitrogens with one attached hydrogen (secondary N) is 1. The number of benzene rings is 1. The Bertz CT molecular complexity index is 562. The molecule has 0 fully saturated rings. The number of anilines is 1. The summed E-state index contributed by atoms with van der Waals surface area (Å²) >= 11 is 0. The average molecular weight is 258 g/mol. The highest BCUT2D eigenvalue weighted by atomic mass is 16.1. The third-order valence-corrected chi connectivity index (χ3v) is 3.11. The number of Topliss-reactive ketones (excluding diaryl/α,β-unsaturated/α-hetero) is 1. The zero-order valence-electron chi connectivity index (χ0n) is 11.3. The number of nitrogens with zero attached hydrogens (tertiary/aromatic N) is 2. The lowest BCUT2D eigenvalue weighted by atomic mass is 10.1. The standard InChI is InChI=1S/C14H18N4O/c1-9-7-13(17-14(15)18(9)3)16-12-6-4-5-11(8-12)10(2)19/h4-8,14H,15H2,1-3H3,(H,16,17). The first-order chi connectivity index (χ1) is 8.97. The van der Waals surface area contributed by atoms with Crippen LogP contribution in [0.15, 0.2) is 41.0 Å². The van der Waals surface area contributed by atoms with Gasteiger partial charge in [-0.15, -0.1) is 0 Å². The Labute approximate surface area is 112 Å². The summed E-state index contributed by atoms with van der Waals surface area (Å²) in [5, 5.41) is 3.17. The maximum atomic E-state index is 11.3. The Kier molecular flexibility index (Phi) is 3.66. The number of allylic oxidation sites excluding steroid dienone is 1. The monoisotopic (exact) mass is 258 g/mol. The molecule has 1 aromatic rings. The van der Waals surface area contributed by atoms with Gasteiger partial charge in [-0.05, 0) is 32.1 Å². The predicted molar refractivity (Wildman–Crippen MR) is 77.0 cm³/mol. The Morgan fingerprint density at radius 1 is 1.47 bits per heavy atom. The molecule has 5 nitrogen and oxygen atoms in total. The quantitative estimate of drug-likeness (QED) is 0.793. The minimum absolute atomic E-state index is 0.0393. The third kappa shape index (κ3) is 3.00. The second-order valence-corrected chi connectivity index (χ2v) is 4.59. The van der Waals surface area contributed by atoms with Gasteiger partial charge in [0, 0.05) is 24.0 Å². The van der Waals surface area contributed by atoms with Gasteiger partial charge in [-0.25, -0.2) is 4.99 Å². The normalized spacial score (nSPS) is 18.7. The topological polar surface area (TPSA) is 70.7 Å². The van der Waals surface area contributed by atoms with Crippen LogP contribution in [-0.2, 0) is 0 Å². The molecule has 0 saturated carbocycles. The molecule has 0 bridgehead atoms. The van der Waals surface area contributed by atoms with Crippen molar-refractivity contribution in [1.29, 1.82) is 0 Å². The van der Waals surface area contributed by atoms with E-state index in [1.165, 1.54) is 0 Å². The van der Waals surface area contributed by atoms with Gasteiger partial charge in [0.25, 0.3) is 0 Å². The lowest BCUT2D eigenvalue weighted by Crippen LogP contribution is -2.40. The lowest BCUT2D eigenvalue weighted by Gasteiger charge is -2.28. The number of aliphatic imine (C=N–C) groups is 1. The first kappa shape index (κ1) is 13.3. The zero-order valence-corrected chi connectivity index (χ0v) is 11.3. The van der Waals surface area contributed by atoms with E-state index < -0.39 is 0 Å². The maximum Gasteiger partial charge on any atom is 0.175 e. The molecule has 19 heavy (non-hydrogen) atoms. The minimum Gasteiger partial charge on any atom is -0.344 e. The molecule has 1 aliphatic heterocycles. The van der Waals surface area contributed by atoms with E-state index in [0.717, 1.165) is 11.4 Å². The van der Waals surface area contributed by atoms with E-state index in [2.05, 4.69) is 10.3 Å². The minimum atomic E-state index is -0.386. The van der Waals surface area contributed by atoms with E-state index in [0.29, 0.717) is 11.4 Å². The predicted octanol–water partition coefficient (Wildman–Crippen LogP) is 1.79. The van der Waals surface area contributed by atoms with Gasteiger partial charge in [0.2, 0.25) is 0 Å². The van der Waals surface area contributed by atoms with Crippen LogP contribution in [0.1, 0.15) is 24.2 Å². The van der Waals surface area contributed by atoms with Crippen LogP contribution in [0.3, 0.4) is 0 Å². The van der Waals surface area contributed by atoms with Crippen LogP contribution in [-0.4, -0.2) is 29.9 Å². The number of ketones is 1. The van der Waals surface area contributed by atoms with Gasteiger partial charge >= 0.3 is 0 Å². The number of hydrogen-bond donors (Lipinski definition) is 2. The van der Waals surface area contributed by atoms with Gasteiger partial charge < -0.3 is 10.2 Å². The molecular formula is C14H18N4O. The number of rotatable bonds is 2. The van der Waals surface area contributed by atoms with Crippen molar-refractivity contribution >= 4 is 17.3 Å². The molecule has 1 aliphatic rings. The number of hydrogen-bond acceptors (Lipinski definition) is 5. The van der Waals surface area contributed by atoms with Crippen LogP contribution in [0.2, 0.25) is 0 Å². The molecule has 0 saturated heterocycles. The van der Waals surface area contributed by atoms with E-state index in [-0.39, 0.29) is 12.1 Å². The maximum absolute atomic E-state index is 11.3. The molecule has 1 heterocycles. The highest BCUT2D eigenvalue weighted by molar-refractivity contribution is 6.05. The molecule has 1 unspecified atom stereocenters. The van der Waals surface area contributed by atoms with Gasteiger partial charge in [-0.3, -0.25) is 10.5 Å². The van der Waals surface area contributed by atoms with Crippen LogP contribution in [0.4, 0.5) is 5.69 Å². The highest BCUT2D eigenvalue weighted by Crippen LogP contribution is 2.15. The van der Waals surface area contributed by atoms with Gasteiger partial charge in [0.15, 0.2) is 12.1 Å². The summed E-state index contributed by atoms with van der Waals surface area (Å²) in [5.41, 5.74) is 8.43. The second-order valence-electron chi connectivity index (χ2n) is 4.59. The van der Waals surface area contributed by atoms with E-state index in [1.54, 1.807) is 19.1 Å². The molecule has 0 spiro atoms.